The van der Waals surface area contributed by atoms with Crippen LogP contribution >= 0.6 is 11.8 Å². The highest BCUT2D eigenvalue weighted by Gasteiger charge is 2.24. The number of ketones is 1. The van der Waals surface area contributed by atoms with Gasteiger partial charge in [-0.3, -0.25) is 4.79 Å². The topological polar surface area (TPSA) is 34.5 Å². The van der Waals surface area contributed by atoms with Gasteiger partial charge < -0.3 is 14.2 Å². The zero-order valence-corrected chi connectivity index (χ0v) is 17.5. The molecule has 28 heavy (non-hydrogen) atoms. The Hall–Kier alpha value is -2.24. The number of ether oxygens (including phenoxy) is 1. The fourth-order valence-electron chi connectivity index (χ4n) is 4.02. The van der Waals surface area contributed by atoms with Gasteiger partial charge in [0.15, 0.2) is 5.78 Å². The molecule has 1 saturated heterocycles. The molecule has 1 aliphatic heterocycles. The zero-order valence-electron chi connectivity index (χ0n) is 16.6. The summed E-state index contributed by atoms with van der Waals surface area (Å²) in [5.74, 6) is 1.99. The standard InChI is InChI=1S/C23H26N2O2S/c1-16-22(23(26)17-8-10-18(27-3)11-9-17)20-6-4-5-7-21(20)25(16)15-19-14-24(2)12-13-28-19/h4-11,19H,12-15H2,1-3H3. The molecule has 5 heteroatoms. The summed E-state index contributed by atoms with van der Waals surface area (Å²) in [5, 5.41) is 1.58. The number of hydrogen-bond donors (Lipinski definition) is 0. The van der Waals surface area contributed by atoms with E-state index in [2.05, 4.69) is 41.6 Å². The number of benzene rings is 2. The van der Waals surface area contributed by atoms with Gasteiger partial charge in [0.2, 0.25) is 0 Å². The van der Waals surface area contributed by atoms with Crippen LogP contribution in [0.4, 0.5) is 0 Å². The molecule has 146 valence electrons. The van der Waals surface area contributed by atoms with Crippen LogP contribution in [0.25, 0.3) is 10.9 Å². The van der Waals surface area contributed by atoms with Gasteiger partial charge in [-0.15, -0.1) is 0 Å². The van der Waals surface area contributed by atoms with Crippen molar-refractivity contribution in [1.82, 2.24) is 9.47 Å². The van der Waals surface area contributed by atoms with Gasteiger partial charge in [0, 0.05) is 52.8 Å². The van der Waals surface area contributed by atoms with Gasteiger partial charge in [-0.25, -0.2) is 0 Å². The first-order valence-corrected chi connectivity index (χ1v) is 10.7. The number of carbonyl (C=O) groups is 1. The Balaban J connectivity index is 1.74. The molecule has 1 fully saturated rings. The maximum Gasteiger partial charge on any atom is 0.195 e. The summed E-state index contributed by atoms with van der Waals surface area (Å²) in [6, 6.07) is 15.6. The first-order chi connectivity index (χ1) is 13.6. The zero-order chi connectivity index (χ0) is 19.7. The molecule has 1 unspecified atom stereocenters. The highest BCUT2D eigenvalue weighted by molar-refractivity contribution is 8.00. The second-order valence-electron chi connectivity index (χ2n) is 7.40. The third-order valence-corrected chi connectivity index (χ3v) is 6.73. The number of carbonyl (C=O) groups excluding carboxylic acids is 1. The predicted octanol–water partition coefficient (Wildman–Crippen LogP) is 4.24. The second kappa shape index (κ2) is 8.02. The number of hydrogen-bond acceptors (Lipinski definition) is 4. The molecule has 2 heterocycles. The Morgan fingerprint density at radius 1 is 1.18 bits per heavy atom. The Morgan fingerprint density at radius 2 is 1.93 bits per heavy atom. The quantitative estimate of drug-likeness (QED) is 0.607. The van der Waals surface area contributed by atoms with Gasteiger partial charge in [0.05, 0.1) is 12.7 Å². The van der Waals surface area contributed by atoms with Crippen LogP contribution in [0.2, 0.25) is 0 Å². The highest BCUT2D eigenvalue weighted by atomic mass is 32.2. The summed E-state index contributed by atoms with van der Waals surface area (Å²) in [5.41, 5.74) is 3.70. The molecule has 4 rings (SSSR count). The van der Waals surface area contributed by atoms with E-state index in [-0.39, 0.29) is 5.78 Å². The van der Waals surface area contributed by atoms with E-state index in [1.54, 1.807) is 7.11 Å². The Bertz CT molecular complexity index is 994. The molecule has 0 bridgehead atoms. The summed E-state index contributed by atoms with van der Waals surface area (Å²) in [4.78, 5) is 15.8. The lowest BCUT2D eigenvalue weighted by Gasteiger charge is -2.30. The monoisotopic (exact) mass is 394 g/mol. The van der Waals surface area contributed by atoms with Crippen LogP contribution in [0.15, 0.2) is 48.5 Å². The van der Waals surface area contributed by atoms with Crippen molar-refractivity contribution < 1.29 is 9.53 Å². The summed E-state index contributed by atoms with van der Waals surface area (Å²) >= 11 is 2.04. The minimum absolute atomic E-state index is 0.0727. The molecule has 3 aromatic rings. The van der Waals surface area contributed by atoms with Gasteiger partial charge in [0.25, 0.3) is 0 Å². The van der Waals surface area contributed by atoms with E-state index in [0.29, 0.717) is 10.8 Å². The van der Waals surface area contributed by atoms with Gasteiger partial charge in [-0.05, 0) is 44.3 Å². The average molecular weight is 395 g/mol. The Kier molecular flexibility index (Phi) is 5.47. The lowest BCUT2D eigenvalue weighted by Crippen LogP contribution is -2.37. The fourth-order valence-corrected chi connectivity index (χ4v) is 5.39. The summed E-state index contributed by atoms with van der Waals surface area (Å²) in [6.07, 6.45) is 0. The first kappa shape index (κ1) is 19.1. The molecule has 0 spiro atoms. The number of rotatable bonds is 5. The molecule has 1 aromatic heterocycles. The SMILES string of the molecule is COc1ccc(C(=O)c2c(C)n(CC3CN(C)CCS3)c3ccccc23)cc1. The first-order valence-electron chi connectivity index (χ1n) is 9.65. The molecule has 1 aliphatic rings. The van der Waals surface area contributed by atoms with Crippen LogP contribution in [0.3, 0.4) is 0 Å². The fraction of sp³-hybridized carbons (Fsp3) is 0.348. The lowest BCUT2D eigenvalue weighted by molar-refractivity contribution is 0.103. The van der Waals surface area contributed by atoms with Crippen molar-refractivity contribution in [2.45, 2.75) is 18.7 Å². The summed E-state index contributed by atoms with van der Waals surface area (Å²) < 4.78 is 7.56. The molecular formula is C23H26N2O2S. The molecule has 0 aliphatic carbocycles. The molecule has 2 aromatic carbocycles. The molecule has 4 nitrogen and oxygen atoms in total. The number of fused-ring (bicyclic) bond motifs is 1. The van der Waals surface area contributed by atoms with Crippen molar-refractivity contribution in [2.75, 3.05) is 33.0 Å². The third kappa shape index (κ3) is 3.56. The third-order valence-electron chi connectivity index (χ3n) is 5.54. The maximum atomic E-state index is 13.4. The van der Waals surface area contributed by atoms with E-state index in [1.807, 2.05) is 42.1 Å². The van der Waals surface area contributed by atoms with Crippen LogP contribution < -0.4 is 4.74 Å². The van der Waals surface area contributed by atoms with Crippen LogP contribution in [0.5, 0.6) is 5.75 Å². The molecular weight excluding hydrogens is 368 g/mol. The minimum atomic E-state index is 0.0727. The van der Waals surface area contributed by atoms with Crippen molar-refractivity contribution in [3.05, 3.63) is 65.4 Å². The minimum Gasteiger partial charge on any atom is -0.497 e. The van der Waals surface area contributed by atoms with Crippen LogP contribution in [0, 0.1) is 6.92 Å². The van der Waals surface area contributed by atoms with Gasteiger partial charge in [-0.1, -0.05) is 18.2 Å². The van der Waals surface area contributed by atoms with Gasteiger partial charge in [0.1, 0.15) is 5.75 Å². The summed E-state index contributed by atoms with van der Waals surface area (Å²) in [6.45, 7) is 5.23. The van der Waals surface area contributed by atoms with E-state index in [9.17, 15) is 4.79 Å². The van der Waals surface area contributed by atoms with Crippen molar-refractivity contribution >= 4 is 28.4 Å². The molecule has 0 amide bonds. The number of para-hydroxylation sites is 1. The molecule has 0 radical (unpaired) electrons. The molecule has 1 atom stereocenters. The van der Waals surface area contributed by atoms with Crippen molar-refractivity contribution in [2.24, 2.45) is 0 Å². The van der Waals surface area contributed by atoms with Crippen molar-refractivity contribution in [3.63, 3.8) is 0 Å². The largest absolute Gasteiger partial charge is 0.497 e. The molecule has 0 saturated carbocycles. The number of methoxy groups -OCH3 is 1. The maximum absolute atomic E-state index is 13.4. The Labute approximate surface area is 170 Å². The van der Waals surface area contributed by atoms with Crippen LogP contribution in [-0.4, -0.2) is 53.5 Å². The highest BCUT2D eigenvalue weighted by Crippen LogP contribution is 2.30. The van der Waals surface area contributed by atoms with Crippen molar-refractivity contribution in [3.8, 4) is 5.75 Å². The van der Waals surface area contributed by atoms with Crippen LogP contribution in [-0.2, 0) is 6.54 Å². The van der Waals surface area contributed by atoms with Crippen LogP contribution in [0.1, 0.15) is 21.6 Å². The van der Waals surface area contributed by atoms with Gasteiger partial charge >= 0.3 is 0 Å². The van der Waals surface area contributed by atoms with E-state index in [0.717, 1.165) is 53.3 Å². The van der Waals surface area contributed by atoms with E-state index >= 15 is 0 Å². The second-order valence-corrected chi connectivity index (χ2v) is 8.81. The smallest absolute Gasteiger partial charge is 0.195 e. The number of nitrogens with zero attached hydrogens (tertiary/aromatic N) is 2. The van der Waals surface area contributed by atoms with Gasteiger partial charge in [-0.2, -0.15) is 11.8 Å². The normalized spacial score (nSPS) is 17.8. The van der Waals surface area contributed by atoms with Crippen molar-refractivity contribution in [1.29, 1.82) is 0 Å². The lowest BCUT2D eigenvalue weighted by atomic mass is 10.0. The van der Waals surface area contributed by atoms with E-state index in [4.69, 9.17) is 4.74 Å². The summed E-state index contributed by atoms with van der Waals surface area (Å²) in [7, 11) is 3.82. The molecule has 0 N–H and O–H groups in total. The number of thioether (sulfide) groups is 1. The predicted molar refractivity (Wildman–Crippen MR) is 117 cm³/mol. The van der Waals surface area contributed by atoms with E-state index < -0.39 is 0 Å². The number of aromatic nitrogens is 1. The average Bonchev–Trinajstić information content (AvgIpc) is 2.99. The van der Waals surface area contributed by atoms with E-state index in [1.165, 1.54) is 0 Å². The Morgan fingerprint density at radius 3 is 2.64 bits per heavy atom.